The SMILES string of the molecule is Clc1cccc(Cl)c1Oc1c(Cl)cccc1Cl.O=C(NCCO)c1cncnc1. The number of benzene rings is 2. The van der Waals surface area contributed by atoms with Crippen LogP contribution in [0.3, 0.4) is 0 Å². The molecule has 1 aromatic heterocycles. The van der Waals surface area contributed by atoms with Crippen molar-refractivity contribution in [3.8, 4) is 11.5 Å². The van der Waals surface area contributed by atoms with Gasteiger partial charge in [-0.2, -0.15) is 0 Å². The van der Waals surface area contributed by atoms with Crippen LogP contribution in [0.5, 0.6) is 11.5 Å². The van der Waals surface area contributed by atoms with Gasteiger partial charge >= 0.3 is 0 Å². The Morgan fingerprint density at radius 1 is 0.897 bits per heavy atom. The van der Waals surface area contributed by atoms with Crippen LogP contribution in [-0.2, 0) is 0 Å². The summed E-state index contributed by atoms with van der Waals surface area (Å²) in [6, 6.07) is 10.2. The number of rotatable bonds is 5. The molecule has 0 aliphatic rings. The molecule has 2 aromatic carbocycles. The van der Waals surface area contributed by atoms with E-state index in [2.05, 4.69) is 15.3 Å². The predicted molar refractivity (Wildman–Crippen MR) is 114 cm³/mol. The number of amides is 1. The van der Waals surface area contributed by atoms with Crippen LogP contribution in [0.4, 0.5) is 0 Å². The number of hydrogen-bond donors (Lipinski definition) is 2. The molecule has 1 heterocycles. The Balaban J connectivity index is 0.000000221. The number of halogens is 4. The lowest BCUT2D eigenvalue weighted by atomic mass is 10.3. The molecule has 0 atom stereocenters. The number of aliphatic hydroxyl groups excluding tert-OH is 1. The van der Waals surface area contributed by atoms with E-state index in [4.69, 9.17) is 56.2 Å². The lowest BCUT2D eigenvalue weighted by molar-refractivity contribution is 0.0944. The van der Waals surface area contributed by atoms with Gasteiger partial charge in [-0.05, 0) is 24.3 Å². The van der Waals surface area contributed by atoms with Crippen molar-refractivity contribution in [1.82, 2.24) is 15.3 Å². The molecular formula is C19H15Cl4N3O3. The van der Waals surface area contributed by atoms with Crippen LogP contribution in [0.1, 0.15) is 10.4 Å². The highest BCUT2D eigenvalue weighted by Crippen LogP contribution is 2.41. The fourth-order valence-corrected chi connectivity index (χ4v) is 2.90. The largest absolute Gasteiger partial charge is 0.451 e. The Morgan fingerprint density at radius 2 is 1.34 bits per heavy atom. The standard InChI is InChI=1S/C12H6Cl4O.C7H9N3O2/c13-7-3-1-4-8(14)11(7)17-12-9(15)5-2-6-10(12)16;11-2-1-10-7(12)6-3-8-5-9-4-6/h1-6H;3-5,11H,1-2H2,(H,10,12). The molecule has 0 spiro atoms. The molecule has 0 saturated carbocycles. The molecule has 6 nitrogen and oxygen atoms in total. The Hall–Kier alpha value is -2.09. The van der Waals surface area contributed by atoms with Gasteiger partial charge in [0.15, 0.2) is 11.5 Å². The van der Waals surface area contributed by atoms with Gasteiger partial charge in [-0.3, -0.25) is 4.79 Å². The third-order valence-electron chi connectivity index (χ3n) is 3.26. The molecule has 29 heavy (non-hydrogen) atoms. The summed E-state index contributed by atoms with van der Waals surface area (Å²) in [7, 11) is 0. The van der Waals surface area contributed by atoms with Crippen molar-refractivity contribution in [2.45, 2.75) is 0 Å². The summed E-state index contributed by atoms with van der Waals surface area (Å²) < 4.78 is 5.57. The number of nitrogens with zero attached hydrogens (tertiary/aromatic N) is 2. The molecule has 0 fully saturated rings. The van der Waals surface area contributed by atoms with Crippen molar-refractivity contribution < 1.29 is 14.6 Å². The molecule has 0 bridgehead atoms. The maximum absolute atomic E-state index is 11.1. The minimum absolute atomic E-state index is 0.0700. The first-order valence-corrected chi connectivity index (χ1v) is 9.65. The smallest absolute Gasteiger partial charge is 0.254 e. The van der Waals surface area contributed by atoms with Crippen LogP contribution in [0, 0.1) is 0 Å². The normalized spacial score (nSPS) is 9.97. The zero-order chi connectivity index (χ0) is 21.2. The van der Waals surface area contributed by atoms with Gasteiger partial charge in [0, 0.05) is 18.9 Å². The van der Waals surface area contributed by atoms with Crippen molar-refractivity contribution >= 4 is 52.3 Å². The highest BCUT2D eigenvalue weighted by Gasteiger charge is 2.13. The molecule has 1 amide bonds. The highest BCUT2D eigenvalue weighted by molar-refractivity contribution is 6.38. The van der Waals surface area contributed by atoms with Crippen LogP contribution < -0.4 is 10.1 Å². The van der Waals surface area contributed by atoms with Gasteiger partial charge in [-0.1, -0.05) is 58.5 Å². The monoisotopic (exact) mass is 473 g/mol. The fourth-order valence-electron chi connectivity index (χ4n) is 1.95. The van der Waals surface area contributed by atoms with Gasteiger partial charge < -0.3 is 15.2 Å². The maximum Gasteiger partial charge on any atom is 0.254 e. The van der Waals surface area contributed by atoms with Crippen molar-refractivity contribution in [3.63, 3.8) is 0 Å². The number of hydrogen-bond acceptors (Lipinski definition) is 5. The molecule has 0 aliphatic carbocycles. The van der Waals surface area contributed by atoms with Crippen LogP contribution in [0.25, 0.3) is 0 Å². The summed E-state index contributed by atoms with van der Waals surface area (Å²) in [4.78, 5) is 18.5. The van der Waals surface area contributed by atoms with Gasteiger partial charge in [-0.15, -0.1) is 0 Å². The van der Waals surface area contributed by atoms with Gasteiger partial charge in [0.2, 0.25) is 0 Å². The van der Waals surface area contributed by atoms with Crippen molar-refractivity contribution in [2.24, 2.45) is 0 Å². The van der Waals surface area contributed by atoms with Gasteiger partial charge in [0.1, 0.15) is 6.33 Å². The molecule has 0 unspecified atom stereocenters. The number of para-hydroxylation sites is 2. The molecule has 0 saturated heterocycles. The summed E-state index contributed by atoms with van der Waals surface area (Å²) >= 11 is 24.0. The quantitative estimate of drug-likeness (QED) is 0.524. The Bertz CT molecular complexity index is 869. The third-order valence-corrected chi connectivity index (χ3v) is 4.45. The maximum atomic E-state index is 11.1. The summed E-state index contributed by atoms with van der Waals surface area (Å²) in [5, 5.41) is 12.5. The van der Waals surface area contributed by atoms with E-state index in [1.807, 2.05) is 0 Å². The average molecular weight is 475 g/mol. The van der Waals surface area contributed by atoms with E-state index in [1.165, 1.54) is 18.7 Å². The number of aromatic nitrogens is 2. The zero-order valence-electron chi connectivity index (χ0n) is 14.8. The molecule has 3 rings (SSSR count). The van der Waals surface area contributed by atoms with Gasteiger partial charge in [0.05, 0.1) is 32.3 Å². The first-order valence-electron chi connectivity index (χ1n) is 8.14. The molecule has 152 valence electrons. The lowest BCUT2D eigenvalue weighted by Gasteiger charge is -2.11. The topological polar surface area (TPSA) is 84.3 Å². The van der Waals surface area contributed by atoms with Crippen LogP contribution in [-0.4, -0.2) is 34.1 Å². The summed E-state index contributed by atoms with van der Waals surface area (Å²) in [5.41, 5.74) is 0.394. The molecule has 3 aromatic rings. The van der Waals surface area contributed by atoms with E-state index in [-0.39, 0.29) is 19.1 Å². The van der Waals surface area contributed by atoms with Crippen LogP contribution in [0.15, 0.2) is 55.1 Å². The second kappa shape index (κ2) is 11.8. The van der Waals surface area contributed by atoms with E-state index in [0.717, 1.165) is 0 Å². The minimum Gasteiger partial charge on any atom is -0.451 e. The zero-order valence-corrected chi connectivity index (χ0v) is 17.8. The second-order valence-electron chi connectivity index (χ2n) is 5.31. The van der Waals surface area contributed by atoms with Crippen LogP contribution in [0.2, 0.25) is 20.1 Å². The first kappa shape index (κ1) is 23.2. The molecule has 2 N–H and O–H groups in total. The molecular weight excluding hydrogens is 460 g/mol. The number of carbonyl (C=O) groups excluding carboxylic acids is 1. The first-order chi connectivity index (χ1) is 13.9. The Labute approximate surface area is 187 Å². The van der Waals surface area contributed by atoms with E-state index in [1.54, 1.807) is 36.4 Å². The molecule has 0 aliphatic heterocycles. The number of carbonyl (C=O) groups is 1. The van der Waals surface area contributed by atoms with E-state index >= 15 is 0 Å². The van der Waals surface area contributed by atoms with Gasteiger partial charge in [-0.25, -0.2) is 9.97 Å². The summed E-state index contributed by atoms with van der Waals surface area (Å²) in [6.07, 6.45) is 4.18. The Kier molecular flexibility index (Phi) is 9.44. The highest BCUT2D eigenvalue weighted by atomic mass is 35.5. The van der Waals surface area contributed by atoms with Crippen molar-refractivity contribution in [2.75, 3.05) is 13.2 Å². The summed E-state index contributed by atoms with van der Waals surface area (Å²) in [5.74, 6) is 0.404. The number of ether oxygens (including phenoxy) is 1. The van der Waals surface area contributed by atoms with Crippen molar-refractivity contribution in [1.29, 1.82) is 0 Å². The molecule has 10 heteroatoms. The summed E-state index contributed by atoms with van der Waals surface area (Å²) in [6.45, 7) is 0.174. The lowest BCUT2D eigenvalue weighted by Crippen LogP contribution is -2.26. The Morgan fingerprint density at radius 3 is 1.76 bits per heavy atom. The minimum atomic E-state index is -0.273. The average Bonchev–Trinajstić information content (AvgIpc) is 2.72. The van der Waals surface area contributed by atoms with Crippen LogP contribution >= 0.6 is 46.4 Å². The molecule has 0 radical (unpaired) electrons. The number of nitrogens with one attached hydrogen (secondary N) is 1. The van der Waals surface area contributed by atoms with E-state index in [9.17, 15) is 4.79 Å². The van der Waals surface area contributed by atoms with E-state index in [0.29, 0.717) is 37.2 Å². The number of aliphatic hydroxyl groups is 1. The second-order valence-corrected chi connectivity index (χ2v) is 6.94. The predicted octanol–water partition coefficient (Wildman–Crippen LogP) is 5.29. The third kappa shape index (κ3) is 7.03. The van der Waals surface area contributed by atoms with E-state index < -0.39 is 0 Å². The fraction of sp³-hybridized carbons (Fsp3) is 0.105. The van der Waals surface area contributed by atoms with Gasteiger partial charge in [0.25, 0.3) is 5.91 Å². The van der Waals surface area contributed by atoms with Crippen molar-refractivity contribution in [3.05, 3.63) is 80.8 Å².